The molecule has 0 unspecified atom stereocenters. The first-order valence-electron chi connectivity index (χ1n) is 6.69. The number of rotatable bonds is 2. The predicted molar refractivity (Wildman–Crippen MR) is 74.1 cm³/mol. The third-order valence-electron chi connectivity index (χ3n) is 3.52. The molecule has 1 saturated heterocycles. The summed E-state index contributed by atoms with van der Waals surface area (Å²) in [6.07, 6.45) is 2.62. The Hall–Kier alpha value is -1.30. The lowest BCUT2D eigenvalue weighted by Gasteiger charge is -2.30. The number of piperidine rings is 1. The molecule has 0 atom stereocenters. The van der Waals surface area contributed by atoms with Crippen LogP contribution in [0, 0.1) is 17.8 Å². The second kappa shape index (κ2) is 6.58. The summed E-state index contributed by atoms with van der Waals surface area (Å²) in [5.74, 6) is 6.53. The number of likely N-dealkylation sites (tertiary alicyclic amines) is 1. The van der Waals surface area contributed by atoms with Crippen LogP contribution in [0.3, 0.4) is 0 Å². The molecule has 1 aromatic carbocycles. The van der Waals surface area contributed by atoms with Gasteiger partial charge in [0.2, 0.25) is 0 Å². The first-order chi connectivity index (χ1) is 8.78. The van der Waals surface area contributed by atoms with Gasteiger partial charge in [-0.3, -0.25) is 4.90 Å². The molecule has 1 aromatic rings. The minimum Gasteiger partial charge on any atom is -0.384 e. The van der Waals surface area contributed by atoms with Crippen LogP contribution in [0.1, 0.15) is 30.9 Å². The van der Waals surface area contributed by atoms with Gasteiger partial charge < -0.3 is 5.11 Å². The van der Waals surface area contributed by atoms with Gasteiger partial charge in [-0.1, -0.05) is 30.9 Å². The Balaban J connectivity index is 1.96. The van der Waals surface area contributed by atoms with Crippen LogP contribution < -0.4 is 0 Å². The van der Waals surface area contributed by atoms with Crippen LogP contribution in [0.5, 0.6) is 0 Å². The van der Waals surface area contributed by atoms with Crippen LogP contribution in [-0.4, -0.2) is 29.7 Å². The van der Waals surface area contributed by atoms with Crippen molar-refractivity contribution in [1.82, 2.24) is 4.90 Å². The van der Waals surface area contributed by atoms with E-state index in [0.717, 1.165) is 18.0 Å². The molecule has 0 amide bonds. The van der Waals surface area contributed by atoms with Crippen molar-refractivity contribution >= 4 is 0 Å². The van der Waals surface area contributed by atoms with Gasteiger partial charge in [0, 0.05) is 12.1 Å². The molecule has 0 spiro atoms. The molecule has 0 aliphatic carbocycles. The molecule has 1 aliphatic rings. The van der Waals surface area contributed by atoms with E-state index in [9.17, 15) is 0 Å². The second-order valence-corrected chi connectivity index (χ2v) is 5.12. The molecule has 1 heterocycles. The van der Waals surface area contributed by atoms with Crippen molar-refractivity contribution in [3.63, 3.8) is 0 Å². The smallest absolute Gasteiger partial charge is 0.104 e. The Morgan fingerprint density at radius 1 is 1.33 bits per heavy atom. The highest BCUT2D eigenvalue weighted by atomic mass is 16.2. The van der Waals surface area contributed by atoms with Crippen molar-refractivity contribution in [1.29, 1.82) is 0 Å². The molecule has 0 bridgehead atoms. The first-order valence-corrected chi connectivity index (χ1v) is 6.69. The van der Waals surface area contributed by atoms with Gasteiger partial charge in [-0.25, -0.2) is 0 Å². The highest BCUT2D eigenvalue weighted by Crippen LogP contribution is 2.18. The summed E-state index contributed by atoms with van der Waals surface area (Å²) in [5, 5.41) is 8.70. The Morgan fingerprint density at radius 2 is 2.11 bits per heavy atom. The fraction of sp³-hybridized carbons (Fsp3) is 0.500. The van der Waals surface area contributed by atoms with Crippen molar-refractivity contribution in [2.24, 2.45) is 5.92 Å². The lowest BCUT2D eigenvalue weighted by Crippen LogP contribution is -2.32. The minimum absolute atomic E-state index is 0.0752. The van der Waals surface area contributed by atoms with Crippen LogP contribution in [0.2, 0.25) is 0 Å². The summed E-state index contributed by atoms with van der Waals surface area (Å²) in [5.41, 5.74) is 2.31. The van der Waals surface area contributed by atoms with E-state index in [0.29, 0.717) is 0 Å². The molecule has 2 rings (SSSR count). The largest absolute Gasteiger partial charge is 0.384 e. The lowest BCUT2D eigenvalue weighted by atomic mass is 9.98. The quantitative estimate of drug-likeness (QED) is 0.805. The second-order valence-electron chi connectivity index (χ2n) is 5.12. The van der Waals surface area contributed by atoms with E-state index in [1.807, 2.05) is 12.1 Å². The molecular formula is C16H21NO. The zero-order valence-corrected chi connectivity index (χ0v) is 11.0. The van der Waals surface area contributed by atoms with Crippen molar-refractivity contribution < 1.29 is 5.11 Å². The SMILES string of the molecule is CC1CCN(Cc2cccc(C#CCO)c2)CC1. The lowest BCUT2D eigenvalue weighted by molar-refractivity contribution is 0.185. The fourth-order valence-electron chi connectivity index (χ4n) is 2.37. The van der Waals surface area contributed by atoms with Gasteiger partial charge >= 0.3 is 0 Å². The van der Waals surface area contributed by atoms with E-state index in [4.69, 9.17) is 5.11 Å². The molecule has 0 aromatic heterocycles. The maximum absolute atomic E-state index is 8.70. The average Bonchev–Trinajstić information content (AvgIpc) is 2.40. The zero-order chi connectivity index (χ0) is 12.8. The Labute approximate surface area is 110 Å². The highest BCUT2D eigenvalue weighted by molar-refractivity contribution is 5.37. The van der Waals surface area contributed by atoms with Gasteiger partial charge in [0.05, 0.1) is 0 Å². The predicted octanol–water partition coefficient (Wildman–Crippen LogP) is 2.26. The Bertz CT molecular complexity index is 436. The minimum atomic E-state index is -0.0752. The van der Waals surface area contributed by atoms with Crippen LogP contribution in [0.4, 0.5) is 0 Å². The maximum atomic E-state index is 8.70. The van der Waals surface area contributed by atoms with E-state index in [1.54, 1.807) is 0 Å². The summed E-state index contributed by atoms with van der Waals surface area (Å²) in [6, 6.07) is 8.32. The van der Waals surface area contributed by atoms with Crippen molar-refractivity contribution in [2.75, 3.05) is 19.7 Å². The van der Waals surface area contributed by atoms with Crippen LogP contribution in [0.15, 0.2) is 24.3 Å². The summed E-state index contributed by atoms with van der Waals surface area (Å²) >= 11 is 0. The summed E-state index contributed by atoms with van der Waals surface area (Å²) < 4.78 is 0. The number of hydrogen-bond acceptors (Lipinski definition) is 2. The van der Waals surface area contributed by atoms with E-state index in [2.05, 4.69) is 35.8 Å². The van der Waals surface area contributed by atoms with Crippen molar-refractivity contribution in [2.45, 2.75) is 26.3 Å². The van der Waals surface area contributed by atoms with Gasteiger partial charge in [0.15, 0.2) is 0 Å². The van der Waals surface area contributed by atoms with Gasteiger partial charge in [-0.2, -0.15) is 0 Å². The molecular weight excluding hydrogens is 222 g/mol. The molecule has 2 heteroatoms. The third kappa shape index (κ3) is 3.87. The number of hydrogen-bond donors (Lipinski definition) is 1. The van der Waals surface area contributed by atoms with Crippen molar-refractivity contribution in [3.05, 3.63) is 35.4 Å². The zero-order valence-electron chi connectivity index (χ0n) is 11.0. The van der Waals surface area contributed by atoms with Crippen LogP contribution in [0.25, 0.3) is 0 Å². The maximum Gasteiger partial charge on any atom is 0.104 e. The molecule has 1 aliphatic heterocycles. The van der Waals surface area contributed by atoms with Gasteiger partial charge in [0.25, 0.3) is 0 Å². The van der Waals surface area contributed by atoms with Crippen LogP contribution >= 0.6 is 0 Å². The summed E-state index contributed by atoms with van der Waals surface area (Å²) in [6.45, 7) is 5.68. The average molecular weight is 243 g/mol. The fourth-order valence-corrected chi connectivity index (χ4v) is 2.37. The normalized spacial score (nSPS) is 17.2. The first kappa shape index (κ1) is 13.1. The molecule has 1 N–H and O–H groups in total. The standard InChI is InChI=1S/C16H21NO/c1-14-7-9-17(10-8-14)13-16-5-2-4-15(12-16)6-3-11-18/h2,4-5,12,14,18H,7-11,13H2,1H3. The van der Waals surface area contributed by atoms with E-state index in [1.165, 1.54) is 31.5 Å². The molecule has 0 radical (unpaired) electrons. The van der Waals surface area contributed by atoms with Gasteiger partial charge in [0.1, 0.15) is 6.61 Å². The molecule has 18 heavy (non-hydrogen) atoms. The van der Waals surface area contributed by atoms with E-state index in [-0.39, 0.29) is 6.61 Å². The molecule has 1 fully saturated rings. The Kier molecular flexibility index (Phi) is 4.81. The van der Waals surface area contributed by atoms with E-state index < -0.39 is 0 Å². The van der Waals surface area contributed by atoms with Crippen LogP contribution in [-0.2, 0) is 6.54 Å². The Morgan fingerprint density at radius 3 is 2.83 bits per heavy atom. The number of benzene rings is 1. The van der Waals surface area contributed by atoms with Crippen molar-refractivity contribution in [3.8, 4) is 11.8 Å². The summed E-state index contributed by atoms with van der Waals surface area (Å²) in [4.78, 5) is 2.51. The number of nitrogens with zero attached hydrogens (tertiary/aromatic N) is 1. The monoisotopic (exact) mass is 243 g/mol. The number of aliphatic hydroxyl groups is 1. The molecule has 0 saturated carbocycles. The van der Waals surface area contributed by atoms with Gasteiger partial charge in [-0.05, 0) is 49.5 Å². The highest BCUT2D eigenvalue weighted by Gasteiger charge is 2.15. The molecule has 96 valence electrons. The third-order valence-corrected chi connectivity index (χ3v) is 3.52. The summed E-state index contributed by atoms with van der Waals surface area (Å²) in [7, 11) is 0. The van der Waals surface area contributed by atoms with Gasteiger partial charge in [-0.15, -0.1) is 0 Å². The molecule has 2 nitrogen and oxygen atoms in total. The number of aliphatic hydroxyl groups excluding tert-OH is 1. The van der Waals surface area contributed by atoms with E-state index >= 15 is 0 Å². The topological polar surface area (TPSA) is 23.5 Å².